The number of hydrogen-bond donors (Lipinski definition) is 1. The third-order valence-electron chi connectivity index (χ3n) is 5.75. The predicted octanol–water partition coefficient (Wildman–Crippen LogP) is 2.99. The molecule has 0 saturated carbocycles. The Hall–Kier alpha value is -3.24. The summed E-state index contributed by atoms with van der Waals surface area (Å²) in [6.07, 6.45) is -4.81. The molecule has 7 nitrogen and oxygen atoms in total. The molecule has 1 saturated heterocycles. The molecule has 2 heterocycles. The van der Waals surface area contributed by atoms with Gasteiger partial charge in [-0.05, 0) is 37.7 Å². The fourth-order valence-electron chi connectivity index (χ4n) is 4.24. The topological polar surface area (TPSA) is 79.8 Å². The van der Waals surface area contributed by atoms with Gasteiger partial charge in [0.1, 0.15) is 6.17 Å². The molecule has 1 unspecified atom stereocenters. The van der Waals surface area contributed by atoms with Crippen LogP contribution in [0.4, 0.5) is 13.2 Å². The van der Waals surface area contributed by atoms with Crippen molar-refractivity contribution in [1.29, 1.82) is 0 Å². The SMILES string of the molecule is CN1CCC(=O)C1n1c(=NC(=O)c2ccccc2C(F)(F)F)n(CCCO)c2ccccc21. The normalized spacial score (nSPS) is 17.9. The number of rotatable bonds is 5. The fourth-order valence-corrected chi connectivity index (χ4v) is 4.24. The van der Waals surface area contributed by atoms with Gasteiger partial charge in [0, 0.05) is 26.1 Å². The van der Waals surface area contributed by atoms with E-state index in [2.05, 4.69) is 4.99 Å². The Balaban J connectivity index is 2.00. The average Bonchev–Trinajstić information content (AvgIpc) is 3.27. The molecule has 10 heteroatoms. The van der Waals surface area contributed by atoms with Crippen molar-refractivity contribution in [3.05, 3.63) is 65.3 Å². The number of para-hydroxylation sites is 2. The van der Waals surface area contributed by atoms with E-state index in [0.717, 1.165) is 12.1 Å². The van der Waals surface area contributed by atoms with Crippen LogP contribution in [0.3, 0.4) is 0 Å². The van der Waals surface area contributed by atoms with Crippen LogP contribution >= 0.6 is 0 Å². The summed E-state index contributed by atoms with van der Waals surface area (Å²) in [6.45, 7) is 0.650. The summed E-state index contributed by atoms with van der Waals surface area (Å²) >= 11 is 0. The second kappa shape index (κ2) is 8.95. The van der Waals surface area contributed by atoms with Crippen molar-refractivity contribution in [2.24, 2.45) is 4.99 Å². The second-order valence-electron chi connectivity index (χ2n) is 7.92. The molecule has 0 radical (unpaired) electrons. The van der Waals surface area contributed by atoms with E-state index in [1.165, 1.54) is 12.1 Å². The Morgan fingerprint density at radius 3 is 2.42 bits per heavy atom. The number of carbonyl (C=O) groups excluding carboxylic acids is 2. The number of hydrogen-bond acceptors (Lipinski definition) is 4. The van der Waals surface area contributed by atoms with E-state index in [-0.39, 0.29) is 24.6 Å². The van der Waals surface area contributed by atoms with Gasteiger partial charge < -0.3 is 9.67 Å². The van der Waals surface area contributed by atoms with Crippen LogP contribution in [0, 0.1) is 0 Å². The number of aliphatic hydroxyl groups excluding tert-OH is 1. The molecule has 1 amide bonds. The van der Waals surface area contributed by atoms with Gasteiger partial charge in [0.05, 0.1) is 22.2 Å². The number of halogens is 3. The molecule has 0 spiro atoms. The summed E-state index contributed by atoms with van der Waals surface area (Å²) < 4.78 is 43.8. The molecule has 2 aromatic carbocycles. The lowest BCUT2D eigenvalue weighted by atomic mass is 10.1. The van der Waals surface area contributed by atoms with Gasteiger partial charge in [0.2, 0.25) is 5.62 Å². The van der Waals surface area contributed by atoms with Crippen LogP contribution < -0.4 is 5.62 Å². The molecule has 174 valence electrons. The minimum absolute atomic E-state index is 0.0683. The molecule has 1 atom stereocenters. The van der Waals surface area contributed by atoms with Crippen molar-refractivity contribution >= 4 is 22.7 Å². The number of nitrogens with zero attached hydrogens (tertiary/aromatic N) is 4. The van der Waals surface area contributed by atoms with Crippen molar-refractivity contribution in [2.75, 3.05) is 20.2 Å². The number of fused-ring (bicyclic) bond motifs is 1. The quantitative estimate of drug-likeness (QED) is 0.635. The number of benzene rings is 2. The number of ketones is 1. The minimum atomic E-state index is -4.72. The van der Waals surface area contributed by atoms with Crippen LogP contribution in [0.1, 0.15) is 34.9 Å². The molecule has 1 aliphatic heterocycles. The minimum Gasteiger partial charge on any atom is -0.396 e. The van der Waals surface area contributed by atoms with E-state index in [0.29, 0.717) is 30.4 Å². The Labute approximate surface area is 187 Å². The van der Waals surface area contributed by atoms with Crippen LogP contribution in [-0.4, -0.2) is 51.0 Å². The average molecular weight is 460 g/mol. The second-order valence-corrected chi connectivity index (χ2v) is 7.92. The third-order valence-corrected chi connectivity index (χ3v) is 5.75. The van der Waals surface area contributed by atoms with E-state index in [1.807, 2.05) is 4.90 Å². The first kappa shape index (κ1) is 22.9. The van der Waals surface area contributed by atoms with Gasteiger partial charge in [-0.25, -0.2) is 0 Å². The molecule has 0 aliphatic carbocycles. The number of amides is 1. The Bertz CT molecular complexity index is 1280. The van der Waals surface area contributed by atoms with E-state index in [4.69, 9.17) is 0 Å². The van der Waals surface area contributed by atoms with Gasteiger partial charge in [-0.2, -0.15) is 18.2 Å². The highest BCUT2D eigenvalue weighted by molar-refractivity contribution is 5.96. The van der Waals surface area contributed by atoms with Crippen LogP contribution in [0.2, 0.25) is 0 Å². The smallest absolute Gasteiger partial charge is 0.396 e. The van der Waals surface area contributed by atoms with Crippen molar-refractivity contribution in [3.8, 4) is 0 Å². The van der Waals surface area contributed by atoms with E-state index < -0.39 is 29.4 Å². The maximum Gasteiger partial charge on any atom is 0.417 e. The first-order chi connectivity index (χ1) is 15.7. The molecule has 1 aromatic heterocycles. The summed E-state index contributed by atoms with van der Waals surface area (Å²) in [5.41, 5.74) is -0.286. The third kappa shape index (κ3) is 4.23. The monoisotopic (exact) mass is 460 g/mol. The van der Waals surface area contributed by atoms with Crippen molar-refractivity contribution in [1.82, 2.24) is 14.0 Å². The van der Waals surface area contributed by atoms with E-state index >= 15 is 0 Å². The summed E-state index contributed by atoms with van der Waals surface area (Å²) in [5.74, 6) is -1.13. The molecular weight excluding hydrogens is 437 g/mol. The number of carbonyl (C=O) groups is 2. The molecule has 33 heavy (non-hydrogen) atoms. The highest BCUT2D eigenvalue weighted by Gasteiger charge is 2.36. The van der Waals surface area contributed by atoms with Crippen LogP contribution in [0.5, 0.6) is 0 Å². The number of aliphatic hydroxyl groups is 1. The first-order valence-corrected chi connectivity index (χ1v) is 10.5. The zero-order valence-electron chi connectivity index (χ0n) is 17.9. The molecule has 1 N–H and O–H groups in total. The number of aromatic nitrogens is 2. The number of likely N-dealkylation sites (N-methyl/N-ethyl adjacent to an activating group) is 1. The van der Waals surface area contributed by atoms with Crippen LogP contribution in [0.15, 0.2) is 53.5 Å². The Morgan fingerprint density at radius 2 is 1.79 bits per heavy atom. The van der Waals surface area contributed by atoms with Gasteiger partial charge in [-0.15, -0.1) is 0 Å². The summed E-state index contributed by atoms with van der Waals surface area (Å²) in [7, 11) is 1.77. The highest BCUT2D eigenvalue weighted by atomic mass is 19.4. The maximum absolute atomic E-state index is 13.5. The van der Waals surface area contributed by atoms with Gasteiger partial charge in [0.15, 0.2) is 5.78 Å². The van der Waals surface area contributed by atoms with E-state index in [1.54, 1.807) is 40.4 Å². The molecule has 1 aliphatic rings. The zero-order valence-corrected chi connectivity index (χ0v) is 17.9. The molecule has 1 fully saturated rings. The lowest BCUT2D eigenvalue weighted by Crippen LogP contribution is -2.37. The van der Waals surface area contributed by atoms with Gasteiger partial charge in [0.25, 0.3) is 5.91 Å². The zero-order chi connectivity index (χ0) is 23.8. The van der Waals surface area contributed by atoms with Crippen molar-refractivity contribution < 1.29 is 27.9 Å². The largest absolute Gasteiger partial charge is 0.417 e. The highest BCUT2D eigenvalue weighted by Crippen LogP contribution is 2.32. The van der Waals surface area contributed by atoms with Gasteiger partial charge >= 0.3 is 6.18 Å². The Kier molecular flexibility index (Phi) is 6.22. The summed E-state index contributed by atoms with van der Waals surface area (Å²) in [6, 6.07) is 11.6. The number of Topliss-reactive ketones (excluding diaryl/α,β-unsaturated/α-hetero) is 1. The van der Waals surface area contributed by atoms with Crippen molar-refractivity contribution in [2.45, 2.75) is 31.7 Å². The molecular formula is C23H23F3N4O3. The number of aryl methyl sites for hydroxylation is 1. The van der Waals surface area contributed by atoms with Crippen LogP contribution in [0.25, 0.3) is 11.0 Å². The Morgan fingerprint density at radius 1 is 1.12 bits per heavy atom. The van der Waals surface area contributed by atoms with Crippen LogP contribution in [-0.2, 0) is 17.5 Å². The van der Waals surface area contributed by atoms with E-state index in [9.17, 15) is 27.9 Å². The number of likely N-dealkylation sites (tertiary alicyclic amines) is 1. The number of alkyl halides is 3. The molecule has 3 aromatic rings. The fraction of sp³-hybridized carbons (Fsp3) is 0.348. The summed E-state index contributed by atoms with van der Waals surface area (Å²) in [4.78, 5) is 31.8. The lowest BCUT2D eigenvalue weighted by Gasteiger charge is -2.20. The first-order valence-electron chi connectivity index (χ1n) is 10.5. The molecule has 4 rings (SSSR count). The molecule has 0 bridgehead atoms. The van der Waals surface area contributed by atoms with Gasteiger partial charge in [-0.1, -0.05) is 24.3 Å². The number of imidazole rings is 1. The lowest BCUT2D eigenvalue weighted by molar-refractivity contribution is -0.137. The summed E-state index contributed by atoms with van der Waals surface area (Å²) in [5, 5.41) is 9.37. The maximum atomic E-state index is 13.5. The standard InChI is InChI=1S/C23H23F3N4O3/c1-28-13-11-19(32)21(28)30-18-10-5-4-9-17(18)29(12-6-14-31)22(30)27-20(33)15-7-2-3-8-16(15)23(24,25)26/h2-5,7-10,21,31H,6,11-14H2,1H3. The van der Waals surface area contributed by atoms with Crippen molar-refractivity contribution in [3.63, 3.8) is 0 Å². The predicted molar refractivity (Wildman–Crippen MR) is 114 cm³/mol. The van der Waals surface area contributed by atoms with Gasteiger partial charge in [-0.3, -0.25) is 19.1 Å².